The van der Waals surface area contributed by atoms with E-state index < -0.39 is 17.6 Å². The Kier molecular flexibility index (Phi) is 2.87. The Morgan fingerprint density at radius 2 is 2.25 bits per heavy atom. The predicted octanol–water partition coefficient (Wildman–Crippen LogP) is 1.10. The van der Waals surface area contributed by atoms with E-state index in [9.17, 15) is 15.2 Å². The number of aliphatic hydroxyl groups excluding tert-OH is 1. The van der Waals surface area contributed by atoms with Crippen molar-refractivity contribution >= 4 is 6.08 Å². The monoisotopic (exact) mass is 221 g/mol. The number of nitrogens with zero attached hydrogens (tertiary/aromatic N) is 1. The minimum absolute atomic E-state index is 0.200. The van der Waals surface area contributed by atoms with Gasteiger partial charge in [-0.2, -0.15) is 0 Å². The lowest BCUT2D eigenvalue weighted by molar-refractivity contribution is -0.488. The van der Waals surface area contributed by atoms with Crippen molar-refractivity contribution < 1.29 is 14.8 Å². The molecule has 1 aromatic carbocycles. The molecule has 1 atom stereocenters. The van der Waals surface area contributed by atoms with Crippen LogP contribution in [0.5, 0.6) is 5.75 Å². The van der Waals surface area contributed by atoms with E-state index in [4.69, 9.17) is 4.74 Å². The fourth-order valence-electron chi connectivity index (χ4n) is 1.58. The van der Waals surface area contributed by atoms with Gasteiger partial charge >= 0.3 is 0 Å². The number of aliphatic hydroxyl groups is 1. The zero-order valence-corrected chi connectivity index (χ0v) is 8.50. The minimum atomic E-state index is -1.08. The molecule has 2 rings (SSSR count). The Hall–Kier alpha value is -1.88. The Labute approximate surface area is 92.1 Å². The summed E-state index contributed by atoms with van der Waals surface area (Å²) in [6.07, 6.45) is 0.663. The van der Waals surface area contributed by atoms with Crippen LogP contribution in [0.1, 0.15) is 5.56 Å². The average molecular weight is 221 g/mol. The lowest BCUT2D eigenvalue weighted by atomic mass is 10.0. The van der Waals surface area contributed by atoms with Crippen LogP contribution in [-0.2, 0) is 0 Å². The van der Waals surface area contributed by atoms with Gasteiger partial charge in [0.2, 0.25) is 6.54 Å². The Bertz CT molecular complexity index is 441. The van der Waals surface area contributed by atoms with Crippen LogP contribution in [0.4, 0.5) is 0 Å². The Morgan fingerprint density at radius 3 is 3.00 bits per heavy atom. The molecule has 84 valence electrons. The van der Waals surface area contributed by atoms with Crippen LogP contribution in [-0.4, -0.2) is 29.3 Å². The summed E-state index contributed by atoms with van der Waals surface area (Å²) in [6, 6.07) is 7.36. The molecular weight excluding hydrogens is 210 g/mol. The minimum Gasteiger partial charge on any atom is -0.489 e. The quantitative estimate of drug-likeness (QED) is 0.612. The van der Waals surface area contributed by atoms with Gasteiger partial charge in [0.25, 0.3) is 0 Å². The first-order valence-corrected chi connectivity index (χ1v) is 4.89. The number of nitro groups is 1. The Morgan fingerprint density at radius 1 is 1.50 bits per heavy atom. The molecule has 1 N–H and O–H groups in total. The van der Waals surface area contributed by atoms with Gasteiger partial charge < -0.3 is 9.84 Å². The van der Waals surface area contributed by atoms with Gasteiger partial charge in [0.1, 0.15) is 18.5 Å². The molecule has 0 spiro atoms. The average Bonchev–Trinajstić information content (AvgIpc) is 2.27. The highest BCUT2D eigenvalue weighted by molar-refractivity contribution is 5.62. The van der Waals surface area contributed by atoms with Gasteiger partial charge in [-0.3, -0.25) is 10.1 Å². The molecule has 0 aromatic heterocycles. The zero-order valence-electron chi connectivity index (χ0n) is 8.50. The van der Waals surface area contributed by atoms with Crippen LogP contribution in [0, 0.1) is 10.1 Å². The summed E-state index contributed by atoms with van der Waals surface area (Å²) < 4.78 is 5.39. The first-order valence-electron chi connectivity index (χ1n) is 4.89. The second kappa shape index (κ2) is 4.32. The molecule has 0 saturated heterocycles. The molecular formula is C11H11NO4. The third kappa shape index (κ3) is 2.20. The molecule has 0 bridgehead atoms. The third-order valence-electron chi connectivity index (χ3n) is 2.40. The molecule has 1 heterocycles. The van der Waals surface area contributed by atoms with E-state index in [1.54, 1.807) is 6.08 Å². The molecule has 1 aliphatic rings. The van der Waals surface area contributed by atoms with Gasteiger partial charge in [0.15, 0.2) is 0 Å². The highest BCUT2D eigenvalue weighted by Crippen LogP contribution is 2.26. The van der Waals surface area contributed by atoms with Gasteiger partial charge in [0.05, 0.1) is 0 Å². The number of hydrogen-bond donors (Lipinski definition) is 1. The summed E-state index contributed by atoms with van der Waals surface area (Å²) in [7, 11) is 0. The summed E-state index contributed by atoms with van der Waals surface area (Å²) >= 11 is 0. The van der Waals surface area contributed by atoms with Crippen molar-refractivity contribution in [1.29, 1.82) is 0 Å². The Balaban J connectivity index is 2.20. The molecule has 0 unspecified atom stereocenters. The van der Waals surface area contributed by atoms with E-state index in [0.29, 0.717) is 5.57 Å². The molecule has 16 heavy (non-hydrogen) atoms. The maximum Gasteiger partial charge on any atom is 0.233 e. The molecule has 0 saturated carbocycles. The van der Waals surface area contributed by atoms with Crippen LogP contribution in [0.3, 0.4) is 0 Å². The fourth-order valence-corrected chi connectivity index (χ4v) is 1.58. The smallest absolute Gasteiger partial charge is 0.233 e. The predicted molar refractivity (Wildman–Crippen MR) is 57.8 cm³/mol. The van der Waals surface area contributed by atoms with Crippen LogP contribution in [0.25, 0.3) is 6.08 Å². The van der Waals surface area contributed by atoms with E-state index in [2.05, 4.69) is 0 Å². The van der Waals surface area contributed by atoms with E-state index in [1.165, 1.54) is 0 Å². The van der Waals surface area contributed by atoms with Crippen molar-refractivity contribution in [2.45, 2.75) is 6.10 Å². The van der Waals surface area contributed by atoms with E-state index >= 15 is 0 Å². The number of rotatable bonds is 3. The molecule has 1 aliphatic heterocycles. The van der Waals surface area contributed by atoms with Crippen molar-refractivity contribution in [2.75, 3.05) is 13.2 Å². The van der Waals surface area contributed by atoms with Gasteiger partial charge in [-0.25, -0.2) is 0 Å². The molecule has 0 aliphatic carbocycles. The largest absolute Gasteiger partial charge is 0.489 e. The van der Waals surface area contributed by atoms with Crippen LogP contribution in [0.15, 0.2) is 29.8 Å². The number of hydrogen-bond acceptors (Lipinski definition) is 4. The number of ether oxygens (including phenoxy) is 1. The lowest BCUT2D eigenvalue weighted by Crippen LogP contribution is -2.26. The topological polar surface area (TPSA) is 72.6 Å². The first kappa shape index (κ1) is 10.6. The summed E-state index contributed by atoms with van der Waals surface area (Å²) in [5.41, 5.74) is 1.38. The molecule has 1 aromatic rings. The van der Waals surface area contributed by atoms with Crippen molar-refractivity contribution in [3.8, 4) is 5.75 Å². The number of fused-ring (bicyclic) bond motifs is 1. The molecule has 5 nitrogen and oxygen atoms in total. The summed E-state index contributed by atoms with van der Waals surface area (Å²) in [5.74, 6) is 0.736. The van der Waals surface area contributed by atoms with Gasteiger partial charge in [-0.1, -0.05) is 18.2 Å². The maximum absolute atomic E-state index is 10.3. The third-order valence-corrected chi connectivity index (χ3v) is 2.40. The number of benzene rings is 1. The second-order valence-corrected chi connectivity index (χ2v) is 3.58. The van der Waals surface area contributed by atoms with Crippen molar-refractivity contribution in [1.82, 2.24) is 0 Å². The summed E-state index contributed by atoms with van der Waals surface area (Å²) in [5, 5.41) is 19.9. The van der Waals surface area contributed by atoms with Crippen LogP contribution < -0.4 is 4.74 Å². The maximum atomic E-state index is 10.3. The fraction of sp³-hybridized carbons (Fsp3) is 0.273. The van der Waals surface area contributed by atoms with Crippen molar-refractivity contribution in [3.05, 3.63) is 45.5 Å². The van der Waals surface area contributed by atoms with Gasteiger partial charge in [0, 0.05) is 16.1 Å². The van der Waals surface area contributed by atoms with E-state index in [-0.39, 0.29) is 6.61 Å². The van der Waals surface area contributed by atoms with Gasteiger partial charge in [-0.05, 0) is 12.1 Å². The van der Waals surface area contributed by atoms with Crippen molar-refractivity contribution in [2.24, 2.45) is 0 Å². The lowest BCUT2D eigenvalue weighted by Gasteiger charge is -2.19. The SMILES string of the molecule is O=[N+]([O-])C[C@@H](O)C1=Cc2ccccc2OC1. The second-order valence-electron chi connectivity index (χ2n) is 3.58. The standard InChI is InChI=1S/C11H11NO4/c13-10(6-12(14)15)9-5-8-3-1-2-4-11(8)16-7-9/h1-5,10,13H,6-7H2/t10-/m1/s1. The highest BCUT2D eigenvalue weighted by atomic mass is 16.6. The van der Waals surface area contributed by atoms with Crippen LogP contribution in [0.2, 0.25) is 0 Å². The molecule has 5 heteroatoms. The van der Waals surface area contributed by atoms with Gasteiger partial charge in [-0.15, -0.1) is 0 Å². The van der Waals surface area contributed by atoms with Crippen molar-refractivity contribution in [3.63, 3.8) is 0 Å². The zero-order chi connectivity index (χ0) is 11.5. The highest BCUT2D eigenvalue weighted by Gasteiger charge is 2.21. The summed E-state index contributed by atoms with van der Waals surface area (Å²) in [6.45, 7) is -0.288. The molecule has 0 fully saturated rings. The normalized spacial score (nSPS) is 15.7. The summed E-state index contributed by atoms with van der Waals surface area (Å²) in [4.78, 5) is 9.74. The number of para-hydroxylation sites is 1. The van der Waals surface area contributed by atoms with E-state index in [1.807, 2.05) is 24.3 Å². The first-order chi connectivity index (χ1) is 7.66. The van der Waals surface area contributed by atoms with Crippen LogP contribution >= 0.6 is 0 Å². The molecule has 0 amide bonds. The van der Waals surface area contributed by atoms with E-state index in [0.717, 1.165) is 11.3 Å². The molecule has 0 radical (unpaired) electrons.